The van der Waals surface area contributed by atoms with Crippen molar-refractivity contribution in [1.82, 2.24) is 0 Å². The lowest BCUT2D eigenvalue weighted by Gasteiger charge is -2.30. The summed E-state index contributed by atoms with van der Waals surface area (Å²) in [6, 6.07) is 17.7. The molecular weight excluding hydrogens is 218 g/mol. The predicted octanol–water partition coefficient (Wildman–Crippen LogP) is 3.40. The highest BCUT2D eigenvalue weighted by atomic mass is 14.6. The van der Waals surface area contributed by atoms with Crippen LogP contribution in [-0.2, 0) is 6.42 Å². The average Bonchev–Trinajstić information content (AvgIpc) is 2.38. The Kier molecular flexibility index (Phi) is 2.92. The molecule has 0 unspecified atom stereocenters. The maximum absolute atomic E-state index is 6.23. The molecule has 0 amide bonds. The fraction of sp³-hybridized carbons (Fsp3) is 0.294. The summed E-state index contributed by atoms with van der Waals surface area (Å²) in [6.45, 7) is 2.19. The van der Waals surface area contributed by atoms with Crippen molar-refractivity contribution in [2.45, 2.75) is 31.7 Å². The van der Waals surface area contributed by atoms with Crippen LogP contribution in [0.3, 0.4) is 0 Å². The lowest BCUT2D eigenvalue weighted by atomic mass is 9.76. The maximum atomic E-state index is 6.23. The van der Waals surface area contributed by atoms with E-state index in [1.165, 1.54) is 22.3 Å². The van der Waals surface area contributed by atoms with Crippen LogP contribution in [-0.4, -0.2) is 6.04 Å². The van der Waals surface area contributed by atoms with Crippen molar-refractivity contribution in [3.8, 4) is 0 Å². The Morgan fingerprint density at radius 1 is 0.944 bits per heavy atom. The molecule has 0 aromatic heterocycles. The fourth-order valence-electron chi connectivity index (χ4n) is 3.13. The predicted molar refractivity (Wildman–Crippen MR) is 75.8 cm³/mol. The van der Waals surface area contributed by atoms with E-state index in [0.29, 0.717) is 5.92 Å². The molecular formula is C17H19N. The smallest absolute Gasteiger partial charge is 0.0109 e. The average molecular weight is 237 g/mol. The summed E-state index contributed by atoms with van der Waals surface area (Å²) in [5, 5.41) is 0. The molecule has 18 heavy (non-hydrogen) atoms. The molecule has 0 radical (unpaired) electrons. The van der Waals surface area contributed by atoms with Gasteiger partial charge >= 0.3 is 0 Å². The van der Waals surface area contributed by atoms with Crippen LogP contribution in [0.2, 0.25) is 0 Å². The Bertz CT molecular complexity index is 559. The highest BCUT2D eigenvalue weighted by molar-refractivity contribution is 5.43. The van der Waals surface area contributed by atoms with Gasteiger partial charge in [-0.1, -0.05) is 48.5 Å². The topological polar surface area (TPSA) is 26.0 Å². The van der Waals surface area contributed by atoms with E-state index in [1.54, 1.807) is 0 Å². The second-order valence-electron chi connectivity index (χ2n) is 5.31. The van der Waals surface area contributed by atoms with Crippen molar-refractivity contribution in [2.75, 3.05) is 0 Å². The Labute approximate surface area is 109 Å². The van der Waals surface area contributed by atoms with E-state index in [2.05, 4.69) is 55.5 Å². The van der Waals surface area contributed by atoms with Gasteiger partial charge in [-0.15, -0.1) is 0 Å². The summed E-state index contributed by atoms with van der Waals surface area (Å²) in [7, 11) is 0. The highest BCUT2D eigenvalue weighted by Gasteiger charge is 2.26. The van der Waals surface area contributed by atoms with E-state index >= 15 is 0 Å². The van der Waals surface area contributed by atoms with Crippen LogP contribution in [0.4, 0.5) is 0 Å². The van der Waals surface area contributed by atoms with Gasteiger partial charge in [0.2, 0.25) is 0 Å². The van der Waals surface area contributed by atoms with Crippen LogP contribution in [0.5, 0.6) is 0 Å². The second-order valence-corrected chi connectivity index (χ2v) is 5.31. The molecule has 3 rings (SSSR count). The number of fused-ring (bicyclic) bond motifs is 1. The first-order chi connectivity index (χ1) is 8.75. The summed E-state index contributed by atoms with van der Waals surface area (Å²) in [5.74, 6) is 0.464. The SMILES string of the molecule is Cc1ccccc1[C@@H]1C[C@@H](N)Cc2ccccc21. The Morgan fingerprint density at radius 3 is 2.39 bits per heavy atom. The number of rotatable bonds is 1. The van der Waals surface area contributed by atoms with Crippen molar-refractivity contribution >= 4 is 0 Å². The van der Waals surface area contributed by atoms with Crippen LogP contribution in [0.25, 0.3) is 0 Å². The number of hydrogen-bond acceptors (Lipinski definition) is 1. The van der Waals surface area contributed by atoms with Crippen LogP contribution in [0.1, 0.15) is 34.6 Å². The van der Waals surface area contributed by atoms with E-state index in [-0.39, 0.29) is 6.04 Å². The minimum atomic E-state index is 0.282. The first-order valence-electron chi connectivity index (χ1n) is 6.64. The number of nitrogens with two attached hydrogens (primary N) is 1. The number of aryl methyl sites for hydroxylation is 1. The van der Waals surface area contributed by atoms with Crippen LogP contribution >= 0.6 is 0 Å². The molecule has 0 aliphatic heterocycles. The molecule has 0 fully saturated rings. The van der Waals surface area contributed by atoms with Crippen LogP contribution < -0.4 is 5.73 Å². The zero-order valence-corrected chi connectivity index (χ0v) is 10.8. The molecule has 0 bridgehead atoms. The lowest BCUT2D eigenvalue weighted by Crippen LogP contribution is -2.31. The molecule has 2 aromatic carbocycles. The Morgan fingerprint density at radius 2 is 1.61 bits per heavy atom. The monoisotopic (exact) mass is 237 g/mol. The largest absolute Gasteiger partial charge is 0.327 e. The summed E-state index contributed by atoms with van der Waals surface area (Å²) in [4.78, 5) is 0. The molecule has 0 saturated heterocycles. The van der Waals surface area contributed by atoms with Gasteiger partial charge in [0, 0.05) is 12.0 Å². The quantitative estimate of drug-likeness (QED) is 0.808. The molecule has 1 aliphatic rings. The van der Waals surface area contributed by atoms with Gasteiger partial charge in [0.25, 0.3) is 0 Å². The molecule has 2 aromatic rings. The van der Waals surface area contributed by atoms with Gasteiger partial charge in [-0.05, 0) is 42.0 Å². The van der Waals surface area contributed by atoms with Crippen LogP contribution in [0, 0.1) is 6.92 Å². The molecule has 0 saturated carbocycles. The Balaban J connectivity index is 2.11. The zero-order valence-electron chi connectivity index (χ0n) is 10.8. The third-order valence-corrected chi connectivity index (χ3v) is 4.01. The van der Waals surface area contributed by atoms with Gasteiger partial charge < -0.3 is 5.73 Å². The fourth-order valence-corrected chi connectivity index (χ4v) is 3.13. The maximum Gasteiger partial charge on any atom is 0.0109 e. The van der Waals surface area contributed by atoms with Crippen molar-refractivity contribution in [3.05, 3.63) is 70.8 Å². The first kappa shape index (κ1) is 11.5. The van der Waals surface area contributed by atoms with Gasteiger partial charge in [-0.3, -0.25) is 0 Å². The summed E-state index contributed by atoms with van der Waals surface area (Å²) >= 11 is 0. The molecule has 1 heteroatoms. The van der Waals surface area contributed by atoms with Crippen molar-refractivity contribution in [3.63, 3.8) is 0 Å². The number of benzene rings is 2. The zero-order chi connectivity index (χ0) is 12.5. The number of hydrogen-bond donors (Lipinski definition) is 1. The van der Waals surface area contributed by atoms with E-state index in [0.717, 1.165) is 12.8 Å². The third kappa shape index (κ3) is 1.95. The minimum absolute atomic E-state index is 0.282. The van der Waals surface area contributed by atoms with Gasteiger partial charge in [0.1, 0.15) is 0 Å². The van der Waals surface area contributed by atoms with Gasteiger partial charge in [-0.2, -0.15) is 0 Å². The van der Waals surface area contributed by atoms with Gasteiger partial charge in [-0.25, -0.2) is 0 Å². The summed E-state index contributed by atoms with van der Waals surface area (Å²) in [5.41, 5.74) is 11.9. The minimum Gasteiger partial charge on any atom is -0.327 e. The summed E-state index contributed by atoms with van der Waals surface area (Å²) in [6.07, 6.45) is 2.07. The van der Waals surface area contributed by atoms with E-state index in [9.17, 15) is 0 Å². The van der Waals surface area contributed by atoms with Crippen molar-refractivity contribution in [1.29, 1.82) is 0 Å². The first-order valence-corrected chi connectivity index (χ1v) is 6.64. The molecule has 1 nitrogen and oxygen atoms in total. The highest BCUT2D eigenvalue weighted by Crippen LogP contribution is 2.37. The molecule has 2 atom stereocenters. The lowest BCUT2D eigenvalue weighted by molar-refractivity contribution is 0.529. The van der Waals surface area contributed by atoms with Gasteiger partial charge in [0.05, 0.1) is 0 Å². The molecule has 1 aliphatic carbocycles. The van der Waals surface area contributed by atoms with Crippen LogP contribution in [0.15, 0.2) is 48.5 Å². The second kappa shape index (κ2) is 4.58. The summed E-state index contributed by atoms with van der Waals surface area (Å²) < 4.78 is 0. The molecule has 0 spiro atoms. The standard InChI is InChI=1S/C17H19N/c1-12-6-2-4-8-15(12)17-11-14(18)10-13-7-3-5-9-16(13)17/h2-9,14,17H,10-11,18H2,1H3/t14-,17-/m0/s1. The Hall–Kier alpha value is -1.60. The van der Waals surface area contributed by atoms with E-state index in [1.807, 2.05) is 0 Å². The molecule has 92 valence electrons. The third-order valence-electron chi connectivity index (χ3n) is 4.01. The molecule has 0 heterocycles. The van der Waals surface area contributed by atoms with E-state index < -0.39 is 0 Å². The molecule has 2 N–H and O–H groups in total. The van der Waals surface area contributed by atoms with Gasteiger partial charge in [0.15, 0.2) is 0 Å². The van der Waals surface area contributed by atoms with E-state index in [4.69, 9.17) is 5.73 Å². The van der Waals surface area contributed by atoms with Crippen molar-refractivity contribution in [2.24, 2.45) is 5.73 Å². The van der Waals surface area contributed by atoms with Crippen molar-refractivity contribution < 1.29 is 0 Å². The normalized spacial score (nSPS) is 22.6.